The lowest BCUT2D eigenvalue weighted by Gasteiger charge is -2.12. The molecule has 0 spiro atoms. The van der Waals surface area contributed by atoms with E-state index in [0.29, 0.717) is 5.82 Å². The highest BCUT2D eigenvalue weighted by atomic mass is 15.1. The second kappa shape index (κ2) is 9.58. The van der Waals surface area contributed by atoms with Crippen LogP contribution in [0.1, 0.15) is 0 Å². The first-order valence-corrected chi connectivity index (χ1v) is 15.5. The first kappa shape index (κ1) is 25.0. The molecule has 0 atom stereocenters. The van der Waals surface area contributed by atoms with E-state index in [0.717, 1.165) is 72.0 Å². The summed E-state index contributed by atoms with van der Waals surface area (Å²) in [5, 5.41) is 4.53. The van der Waals surface area contributed by atoms with Crippen LogP contribution in [0.25, 0.3) is 88.6 Å². The first-order chi connectivity index (χ1) is 22.8. The lowest BCUT2D eigenvalue weighted by Crippen LogP contribution is -1.98. The summed E-state index contributed by atoms with van der Waals surface area (Å²) in [7, 11) is 0. The Morgan fingerprint density at radius 3 is 1.83 bits per heavy atom. The van der Waals surface area contributed by atoms with Gasteiger partial charge in [0, 0.05) is 38.4 Å². The van der Waals surface area contributed by atoms with E-state index in [1.807, 2.05) is 18.2 Å². The zero-order valence-electron chi connectivity index (χ0n) is 24.7. The van der Waals surface area contributed by atoms with Crippen molar-refractivity contribution in [2.75, 3.05) is 0 Å². The molecule has 214 valence electrons. The molecule has 4 heterocycles. The Morgan fingerprint density at radius 1 is 0.391 bits per heavy atom. The quantitative estimate of drug-likeness (QED) is 0.207. The van der Waals surface area contributed by atoms with E-state index in [9.17, 15) is 0 Å². The van der Waals surface area contributed by atoms with Gasteiger partial charge in [-0.1, -0.05) is 103 Å². The fraction of sp³-hybridized carbons (Fsp3) is 0. The SMILES string of the molecule is c1ccc(-c2nc(-c3ccc(-n4c5ccccc5c5c4c4ccccc4c4nc6ccccc6n45)cc3)nc3ccccc23)cc1. The highest BCUT2D eigenvalue weighted by molar-refractivity contribution is 6.21. The smallest absolute Gasteiger partial charge is 0.160 e. The summed E-state index contributed by atoms with van der Waals surface area (Å²) >= 11 is 0. The zero-order chi connectivity index (χ0) is 30.2. The van der Waals surface area contributed by atoms with E-state index in [-0.39, 0.29) is 0 Å². The van der Waals surface area contributed by atoms with E-state index in [2.05, 4.69) is 142 Å². The standard InChI is InChI=1S/C41H25N5/c1-2-12-26(13-3-1)37-31-16-6-8-18-33(31)42-40(44-37)27-22-24-28(25-23-27)45-35-20-10-7-17-32(35)39-38(45)29-14-4-5-15-30(29)41-43-34-19-9-11-21-36(34)46(39)41/h1-25H. The van der Waals surface area contributed by atoms with Crippen molar-refractivity contribution in [1.82, 2.24) is 23.9 Å². The van der Waals surface area contributed by atoms with Gasteiger partial charge in [0.1, 0.15) is 5.65 Å². The van der Waals surface area contributed by atoms with Crippen LogP contribution in [-0.4, -0.2) is 23.9 Å². The summed E-state index contributed by atoms with van der Waals surface area (Å²) in [6, 6.07) is 52.9. The molecule has 0 radical (unpaired) electrons. The van der Waals surface area contributed by atoms with Crippen LogP contribution >= 0.6 is 0 Å². The van der Waals surface area contributed by atoms with Gasteiger partial charge in [-0.3, -0.25) is 4.40 Å². The number of rotatable bonds is 3. The number of para-hydroxylation sites is 4. The molecule has 0 aliphatic heterocycles. The Hall–Kier alpha value is -6.33. The fourth-order valence-electron chi connectivity index (χ4n) is 7.06. The lowest BCUT2D eigenvalue weighted by molar-refractivity contribution is 1.17. The molecule has 10 rings (SSSR count). The molecule has 5 nitrogen and oxygen atoms in total. The highest BCUT2D eigenvalue weighted by Gasteiger charge is 2.21. The molecule has 10 aromatic rings. The minimum atomic E-state index is 0.711. The summed E-state index contributed by atoms with van der Waals surface area (Å²) in [5.74, 6) is 0.711. The third kappa shape index (κ3) is 3.54. The molecule has 5 heteroatoms. The molecule has 0 bridgehead atoms. The minimum Gasteiger partial charge on any atom is -0.307 e. The van der Waals surface area contributed by atoms with Crippen molar-refractivity contribution < 1.29 is 0 Å². The van der Waals surface area contributed by atoms with E-state index in [1.54, 1.807) is 0 Å². The second-order valence-corrected chi connectivity index (χ2v) is 11.7. The second-order valence-electron chi connectivity index (χ2n) is 11.7. The number of aromatic nitrogens is 5. The van der Waals surface area contributed by atoms with Gasteiger partial charge in [0.2, 0.25) is 0 Å². The van der Waals surface area contributed by atoms with Crippen LogP contribution in [0.5, 0.6) is 0 Å². The highest BCUT2D eigenvalue weighted by Crippen LogP contribution is 2.40. The predicted octanol–water partition coefficient (Wildman–Crippen LogP) is 10.0. The van der Waals surface area contributed by atoms with Crippen LogP contribution in [-0.2, 0) is 0 Å². The van der Waals surface area contributed by atoms with Crippen LogP contribution < -0.4 is 0 Å². The van der Waals surface area contributed by atoms with Gasteiger partial charge in [-0.25, -0.2) is 15.0 Å². The number of benzene rings is 6. The van der Waals surface area contributed by atoms with Crippen molar-refractivity contribution >= 4 is 60.3 Å². The Bertz CT molecular complexity index is 2790. The number of pyridine rings is 1. The molecule has 0 saturated heterocycles. The van der Waals surface area contributed by atoms with Crippen LogP contribution in [0, 0.1) is 0 Å². The zero-order valence-corrected chi connectivity index (χ0v) is 24.7. The predicted molar refractivity (Wildman–Crippen MR) is 189 cm³/mol. The summed E-state index contributed by atoms with van der Waals surface area (Å²) in [4.78, 5) is 15.2. The fourth-order valence-corrected chi connectivity index (χ4v) is 7.06. The van der Waals surface area contributed by atoms with Gasteiger partial charge in [-0.15, -0.1) is 0 Å². The number of imidazole rings is 1. The summed E-state index contributed by atoms with van der Waals surface area (Å²) in [6.45, 7) is 0. The monoisotopic (exact) mass is 587 g/mol. The number of hydrogen-bond acceptors (Lipinski definition) is 3. The van der Waals surface area contributed by atoms with Crippen molar-refractivity contribution in [1.29, 1.82) is 0 Å². The van der Waals surface area contributed by atoms with Gasteiger partial charge in [-0.2, -0.15) is 0 Å². The first-order valence-electron chi connectivity index (χ1n) is 15.5. The van der Waals surface area contributed by atoms with Crippen LogP contribution in [0.2, 0.25) is 0 Å². The molecule has 46 heavy (non-hydrogen) atoms. The summed E-state index contributed by atoms with van der Waals surface area (Å²) in [5.41, 5.74) is 11.5. The number of hydrogen-bond donors (Lipinski definition) is 0. The Labute approximate surface area is 263 Å². The van der Waals surface area contributed by atoms with Gasteiger partial charge in [0.05, 0.1) is 38.8 Å². The number of fused-ring (bicyclic) bond motifs is 11. The Morgan fingerprint density at radius 2 is 1.02 bits per heavy atom. The average Bonchev–Trinajstić information content (AvgIpc) is 3.68. The summed E-state index contributed by atoms with van der Waals surface area (Å²) < 4.78 is 4.73. The maximum atomic E-state index is 5.12. The van der Waals surface area contributed by atoms with Gasteiger partial charge in [-0.05, 0) is 48.5 Å². The van der Waals surface area contributed by atoms with Gasteiger partial charge < -0.3 is 4.57 Å². The molecule has 0 amide bonds. The van der Waals surface area contributed by atoms with Gasteiger partial charge in [0.15, 0.2) is 5.82 Å². The molecule has 0 unspecified atom stereocenters. The normalized spacial score (nSPS) is 11.9. The van der Waals surface area contributed by atoms with Crippen molar-refractivity contribution in [2.45, 2.75) is 0 Å². The van der Waals surface area contributed by atoms with Crippen molar-refractivity contribution in [3.8, 4) is 28.3 Å². The maximum Gasteiger partial charge on any atom is 0.160 e. The Balaban J connectivity index is 1.24. The van der Waals surface area contributed by atoms with Gasteiger partial charge >= 0.3 is 0 Å². The maximum absolute atomic E-state index is 5.12. The van der Waals surface area contributed by atoms with Crippen molar-refractivity contribution in [3.63, 3.8) is 0 Å². The number of nitrogens with zero attached hydrogens (tertiary/aromatic N) is 5. The Kier molecular flexibility index (Phi) is 5.22. The summed E-state index contributed by atoms with van der Waals surface area (Å²) in [6.07, 6.45) is 0. The third-order valence-corrected chi connectivity index (χ3v) is 9.09. The average molecular weight is 588 g/mol. The van der Waals surface area contributed by atoms with E-state index in [1.165, 1.54) is 10.8 Å². The van der Waals surface area contributed by atoms with Crippen molar-refractivity contribution in [3.05, 3.63) is 152 Å². The van der Waals surface area contributed by atoms with Crippen LogP contribution in [0.4, 0.5) is 0 Å². The third-order valence-electron chi connectivity index (χ3n) is 9.09. The minimum absolute atomic E-state index is 0.711. The molecule has 0 aliphatic carbocycles. The van der Waals surface area contributed by atoms with Crippen molar-refractivity contribution in [2.24, 2.45) is 0 Å². The molecule has 0 aliphatic rings. The topological polar surface area (TPSA) is 48.0 Å². The molecule has 0 N–H and O–H groups in total. The van der Waals surface area contributed by atoms with E-state index < -0.39 is 0 Å². The molecule has 0 saturated carbocycles. The lowest BCUT2D eigenvalue weighted by atomic mass is 10.1. The van der Waals surface area contributed by atoms with E-state index in [4.69, 9.17) is 15.0 Å². The van der Waals surface area contributed by atoms with Gasteiger partial charge in [0.25, 0.3) is 0 Å². The molecule has 0 fully saturated rings. The molecule has 4 aromatic heterocycles. The largest absolute Gasteiger partial charge is 0.307 e. The molecule has 6 aromatic carbocycles. The van der Waals surface area contributed by atoms with Crippen LogP contribution in [0.15, 0.2) is 152 Å². The molecular weight excluding hydrogens is 562 g/mol. The van der Waals surface area contributed by atoms with E-state index >= 15 is 0 Å². The van der Waals surface area contributed by atoms with Crippen LogP contribution in [0.3, 0.4) is 0 Å². The molecular formula is C41H25N5.